The van der Waals surface area contributed by atoms with Gasteiger partial charge in [-0.2, -0.15) is 8.42 Å². The number of hydrogen-bond donors (Lipinski definition) is 0. The fourth-order valence-electron chi connectivity index (χ4n) is 5.52. The van der Waals surface area contributed by atoms with Gasteiger partial charge in [-0.3, -0.25) is 14.5 Å². The Hall–Kier alpha value is -4.97. The van der Waals surface area contributed by atoms with Crippen LogP contribution in [0.2, 0.25) is 0 Å². The van der Waals surface area contributed by atoms with Gasteiger partial charge in [-0.25, -0.2) is 9.78 Å². The van der Waals surface area contributed by atoms with E-state index in [0.29, 0.717) is 42.7 Å². The Bertz CT molecular complexity index is 1890. The van der Waals surface area contributed by atoms with Crippen molar-refractivity contribution in [1.29, 1.82) is 0 Å². The molecule has 11 nitrogen and oxygen atoms in total. The Morgan fingerprint density at radius 3 is 2.17 bits per heavy atom. The minimum atomic E-state index is -4.24. The molecule has 3 aromatic carbocycles. The van der Waals surface area contributed by atoms with Crippen molar-refractivity contribution in [2.24, 2.45) is 0 Å². The molecule has 48 heavy (non-hydrogen) atoms. The minimum absolute atomic E-state index is 0.00234. The van der Waals surface area contributed by atoms with Gasteiger partial charge in [-0.1, -0.05) is 36.4 Å². The van der Waals surface area contributed by atoms with Gasteiger partial charge in [0.05, 0.1) is 0 Å². The van der Waals surface area contributed by atoms with Crippen LogP contribution in [0.25, 0.3) is 10.8 Å². The molecule has 1 fully saturated rings. The maximum Gasteiger partial charge on any atom is 0.410 e. The Morgan fingerprint density at radius 2 is 1.54 bits per heavy atom. The number of aromatic nitrogens is 1. The number of ether oxygens (including phenoxy) is 1. The quantitative estimate of drug-likeness (QED) is 0.171. The molecule has 2 amide bonds. The van der Waals surface area contributed by atoms with Crippen LogP contribution in [0.5, 0.6) is 5.75 Å². The number of hydrogen-bond acceptors (Lipinski definition) is 9. The summed E-state index contributed by atoms with van der Waals surface area (Å²) < 4.78 is 37.4. The normalized spacial score (nSPS) is 14.4. The number of ketones is 1. The van der Waals surface area contributed by atoms with Crippen LogP contribution in [-0.4, -0.2) is 85.9 Å². The molecule has 4 aromatic rings. The number of anilines is 1. The van der Waals surface area contributed by atoms with Crippen molar-refractivity contribution in [2.45, 2.75) is 50.8 Å². The van der Waals surface area contributed by atoms with Crippen molar-refractivity contribution >= 4 is 44.4 Å². The van der Waals surface area contributed by atoms with Crippen LogP contribution in [0.15, 0.2) is 90.1 Å². The highest BCUT2D eigenvalue weighted by Gasteiger charge is 2.35. The Kier molecular flexibility index (Phi) is 10.0. The molecule has 252 valence electrons. The summed E-state index contributed by atoms with van der Waals surface area (Å²) in [4.78, 5) is 48.1. The fourth-order valence-corrected chi connectivity index (χ4v) is 6.60. The third-order valence-electron chi connectivity index (χ3n) is 8.10. The number of Topliss-reactive ketones (excluding diaryl/α,β-unsaturated/α-hetero) is 1. The smallest absolute Gasteiger partial charge is 0.410 e. The molecule has 5 rings (SSSR count). The van der Waals surface area contributed by atoms with Crippen molar-refractivity contribution in [2.75, 3.05) is 38.1 Å². The van der Waals surface area contributed by atoms with E-state index in [2.05, 4.69) is 9.88 Å². The summed E-state index contributed by atoms with van der Waals surface area (Å²) >= 11 is 0. The molecular formula is C36H40N4O7S. The Balaban J connectivity index is 1.30. The first kappa shape index (κ1) is 34.4. The summed E-state index contributed by atoms with van der Waals surface area (Å²) in [5.74, 6) is -0.133. The highest BCUT2D eigenvalue weighted by atomic mass is 32.2. The predicted octanol–water partition coefficient (Wildman–Crippen LogP) is 5.33. The average molecular weight is 673 g/mol. The van der Waals surface area contributed by atoms with Crippen molar-refractivity contribution in [3.8, 4) is 5.75 Å². The summed E-state index contributed by atoms with van der Waals surface area (Å²) in [6, 6.07) is 21.7. The zero-order valence-corrected chi connectivity index (χ0v) is 28.6. The number of benzene rings is 3. The zero-order valence-electron chi connectivity index (χ0n) is 27.8. The summed E-state index contributed by atoms with van der Waals surface area (Å²) in [5.41, 5.74) is 1.55. The Morgan fingerprint density at radius 1 is 0.896 bits per heavy atom. The minimum Gasteiger partial charge on any atom is -0.444 e. The summed E-state index contributed by atoms with van der Waals surface area (Å²) in [7, 11) is -2.69. The standard InChI is InChI=1S/C36H40N4O7S/c1-25(41)27-12-14-29(15-13-27)39-20-22-40(23-21-39)34(42)32(38(5)35(43)46-36(2,3)4)24-26-10-16-30(17-11-26)47-48(44,45)33-31-9-7-6-8-28(31)18-19-37-33/h6-19,32H,20-24H2,1-5H3/t32-/m0/s1. The lowest BCUT2D eigenvalue weighted by Crippen LogP contribution is -2.56. The van der Waals surface area contributed by atoms with Crippen LogP contribution < -0.4 is 9.08 Å². The number of piperazine rings is 1. The SMILES string of the molecule is CC(=O)c1ccc(N2CCN(C(=O)[C@H](Cc3ccc(OS(=O)(=O)c4nccc5ccccc45)cc3)N(C)C(=O)OC(C)(C)C)CC2)cc1. The molecule has 12 heteroatoms. The zero-order chi connectivity index (χ0) is 34.6. The topological polar surface area (TPSA) is 126 Å². The van der Waals surface area contributed by atoms with Crippen LogP contribution in [0.1, 0.15) is 43.6 Å². The van der Waals surface area contributed by atoms with E-state index in [4.69, 9.17) is 8.92 Å². The summed E-state index contributed by atoms with van der Waals surface area (Å²) in [6.45, 7) is 8.87. The van der Waals surface area contributed by atoms with Crippen LogP contribution in [0.4, 0.5) is 10.5 Å². The molecule has 1 saturated heterocycles. The molecule has 1 aliphatic rings. The molecule has 1 aliphatic heterocycles. The molecule has 0 radical (unpaired) electrons. The van der Waals surface area contributed by atoms with Gasteiger partial charge < -0.3 is 18.7 Å². The van der Waals surface area contributed by atoms with Gasteiger partial charge in [-0.15, -0.1) is 0 Å². The van der Waals surface area contributed by atoms with E-state index in [1.165, 1.54) is 30.2 Å². The first-order valence-corrected chi connectivity index (χ1v) is 17.1. The van der Waals surface area contributed by atoms with E-state index in [0.717, 1.165) is 11.1 Å². The molecule has 1 atom stereocenters. The molecule has 0 spiro atoms. The lowest BCUT2D eigenvalue weighted by atomic mass is 10.0. The average Bonchev–Trinajstić information content (AvgIpc) is 3.06. The number of pyridine rings is 1. The lowest BCUT2D eigenvalue weighted by Gasteiger charge is -2.39. The number of rotatable bonds is 9. The summed E-state index contributed by atoms with van der Waals surface area (Å²) in [6.07, 6.45) is 0.963. The van der Waals surface area contributed by atoms with Crippen molar-refractivity contribution < 1.29 is 31.7 Å². The molecule has 0 saturated carbocycles. The Labute approximate surface area is 281 Å². The third-order valence-corrected chi connectivity index (χ3v) is 9.31. The van der Waals surface area contributed by atoms with E-state index in [-0.39, 0.29) is 28.9 Å². The number of likely N-dealkylation sites (N-methyl/N-ethyl adjacent to an activating group) is 1. The number of amides is 2. The second-order valence-electron chi connectivity index (χ2n) is 12.7. The molecule has 2 heterocycles. The van der Waals surface area contributed by atoms with E-state index in [9.17, 15) is 22.8 Å². The maximum atomic E-state index is 14.0. The van der Waals surface area contributed by atoms with Gasteiger partial charge >= 0.3 is 16.2 Å². The summed E-state index contributed by atoms with van der Waals surface area (Å²) in [5, 5.41) is 0.997. The first-order valence-electron chi connectivity index (χ1n) is 15.7. The number of fused-ring (bicyclic) bond motifs is 1. The maximum absolute atomic E-state index is 14.0. The largest absolute Gasteiger partial charge is 0.444 e. The molecule has 0 bridgehead atoms. The molecule has 0 N–H and O–H groups in total. The number of carbonyl (C=O) groups excluding carboxylic acids is 3. The first-order chi connectivity index (χ1) is 22.7. The van der Waals surface area contributed by atoms with Crippen LogP contribution >= 0.6 is 0 Å². The number of carbonyl (C=O) groups is 3. The van der Waals surface area contributed by atoms with Crippen LogP contribution in [-0.2, 0) is 26.1 Å². The van der Waals surface area contributed by atoms with E-state index >= 15 is 0 Å². The van der Waals surface area contributed by atoms with Crippen molar-refractivity contribution in [3.63, 3.8) is 0 Å². The predicted molar refractivity (Wildman–Crippen MR) is 183 cm³/mol. The molecule has 1 aromatic heterocycles. The second kappa shape index (κ2) is 14.0. The highest BCUT2D eigenvalue weighted by molar-refractivity contribution is 7.87. The van der Waals surface area contributed by atoms with Gasteiger partial charge in [0.1, 0.15) is 17.4 Å². The van der Waals surface area contributed by atoms with Gasteiger partial charge in [0, 0.05) is 62.5 Å². The van der Waals surface area contributed by atoms with Gasteiger partial charge in [-0.05, 0) is 81.1 Å². The van der Waals surface area contributed by atoms with E-state index in [1.807, 2.05) is 18.2 Å². The van der Waals surface area contributed by atoms with E-state index in [1.54, 1.807) is 81.2 Å². The molecule has 0 aliphatic carbocycles. The lowest BCUT2D eigenvalue weighted by molar-refractivity contribution is -0.136. The fraction of sp³-hybridized carbons (Fsp3) is 0.333. The highest BCUT2D eigenvalue weighted by Crippen LogP contribution is 2.26. The van der Waals surface area contributed by atoms with Gasteiger partial charge in [0.25, 0.3) is 0 Å². The third kappa shape index (κ3) is 8.11. The molecular weight excluding hydrogens is 632 g/mol. The van der Waals surface area contributed by atoms with Crippen LogP contribution in [0.3, 0.4) is 0 Å². The van der Waals surface area contributed by atoms with Crippen LogP contribution in [0, 0.1) is 0 Å². The van der Waals surface area contributed by atoms with Crippen molar-refractivity contribution in [1.82, 2.24) is 14.8 Å². The van der Waals surface area contributed by atoms with Gasteiger partial charge in [0.2, 0.25) is 10.9 Å². The van der Waals surface area contributed by atoms with Crippen molar-refractivity contribution in [3.05, 3.63) is 96.2 Å². The second-order valence-corrected chi connectivity index (χ2v) is 14.2. The monoisotopic (exact) mass is 672 g/mol. The molecule has 0 unspecified atom stereocenters. The number of nitrogens with zero attached hydrogens (tertiary/aromatic N) is 4. The van der Waals surface area contributed by atoms with Gasteiger partial charge in [0.15, 0.2) is 5.78 Å². The van der Waals surface area contributed by atoms with E-state index < -0.39 is 27.9 Å².